The van der Waals surface area contributed by atoms with Crippen LogP contribution in [0, 0.1) is 13.8 Å². The molecule has 1 atom stereocenters. The van der Waals surface area contributed by atoms with Gasteiger partial charge in [-0.15, -0.1) is 0 Å². The Morgan fingerprint density at radius 1 is 1.24 bits per heavy atom. The van der Waals surface area contributed by atoms with E-state index >= 15 is 0 Å². The lowest BCUT2D eigenvalue weighted by atomic mass is 10.1. The van der Waals surface area contributed by atoms with Crippen molar-refractivity contribution in [2.24, 2.45) is 5.73 Å². The number of nitrogens with two attached hydrogens (primary N) is 1. The fourth-order valence-electron chi connectivity index (χ4n) is 1.89. The zero-order valence-corrected chi connectivity index (χ0v) is 11.4. The third-order valence-corrected chi connectivity index (χ3v) is 3.06. The molecular formula is C14H24N2O. The molecule has 0 aliphatic heterocycles. The molecule has 0 bridgehead atoms. The number of benzene rings is 1. The minimum atomic E-state index is 0.374. The van der Waals surface area contributed by atoms with Crippen molar-refractivity contribution in [3.8, 4) is 5.75 Å². The van der Waals surface area contributed by atoms with Gasteiger partial charge in [0.15, 0.2) is 0 Å². The van der Waals surface area contributed by atoms with E-state index in [-0.39, 0.29) is 0 Å². The first-order chi connectivity index (χ1) is 8.06. The van der Waals surface area contributed by atoms with Crippen LogP contribution in [0.15, 0.2) is 18.2 Å². The van der Waals surface area contributed by atoms with Gasteiger partial charge in [-0.05, 0) is 52.0 Å². The van der Waals surface area contributed by atoms with Gasteiger partial charge in [-0.1, -0.05) is 18.2 Å². The Morgan fingerprint density at radius 3 is 2.29 bits per heavy atom. The summed E-state index contributed by atoms with van der Waals surface area (Å²) in [6.45, 7) is 5.54. The van der Waals surface area contributed by atoms with Crippen molar-refractivity contribution in [2.75, 3.05) is 27.2 Å². The number of likely N-dealkylation sites (N-methyl/N-ethyl adjacent to an activating group) is 1. The lowest BCUT2D eigenvalue weighted by Crippen LogP contribution is -2.35. The fourth-order valence-corrected chi connectivity index (χ4v) is 1.89. The predicted molar refractivity (Wildman–Crippen MR) is 72.6 cm³/mol. The maximum Gasteiger partial charge on any atom is 0.125 e. The summed E-state index contributed by atoms with van der Waals surface area (Å²) in [6, 6.07) is 6.59. The Labute approximate surface area is 105 Å². The first-order valence-electron chi connectivity index (χ1n) is 6.11. The molecule has 3 nitrogen and oxygen atoms in total. The molecule has 0 aromatic heterocycles. The number of hydrogen-bond donors (Lipinski definition) is 1. The quantitative estimate of drug-likeness (QED) is 0.820. The molecule has 17 heavy (non-hydrogen) atoms. The smallest absolute Gasteiger partial charge is 0.125 e. The van der Waals surface area contributed by atoms with Crippen LogP contribution >= 0.6 is 0 Å². The van der Waals surface area contributed by atoms with Gasteiger partial charge in [0, 0.05) is 6.04 Å². The summed E-state index contributed by atoms with van der Waals surface area (Å²) >= 11 is 0. The third-order valence-electron chi connectivity index (χ3n) is 3.06. The molecule has 1 aromatic carbocycles. The number of nitrogens with zero attached hydrogens (tertiary/aromatic N) is 1. The van der Waals surface area contributed by atoms with Gasteiger partial charge in [0.1, 0.15) is 12.4 Å². The molecule has 1 unspecified atom stereocenters. The maximum atomic E-state index is 5.95. The second-order valence-electron chi connectivity index (χ2n) is 4.73. The molecule has 0 spiro atoms. The standard InChI is InChI=1S/C14H24N2O/c1-11-6-5-7-12(2)14(11)17-10-13(8-9-15)16(3)4/h5-7,13H,8-10,15H2,1-4H3. The van der Waals surface area contributed by atoms with Gasteiger partial charge in [-0.2, -0.15) is 0 Å². The summed E-state index contributed by atoms with van der Waals surface area (Å²) in [7, 11) is 4.13. The first kappa shape index (κ1) is 14.0. The van der Waals surface area contributed by atoms with Crippen molar-refractivity contribution in [3.63, 3.8) is 0 Å². The first-order valence-corrected chi connectivity index (χ1v) is 6.11. The van der Waals surface area contributed by atoms with Crippen LogP contribution in [0.5, 0.6) is 5.75 Å². The average Bonchev–Trinajstić information content (AvgIpc) is 2.26. The van der Waals surface area contributed by atoms with E-state index in [2.05, 4.69) is 51.0 Å². The van der Waals surface area contributed by atoms with Crippen molar-refractivity contribution in [1.82, 2.24) is 4.90 Å². The Morgan fingerprint density at radius 2 is 1.82 bits per heavy atom. The minimum absolute atomic E-state index is 0.374. The van der Waals surface area contributed by atoms with Crippen LogP contribution in [0.3, 0.4) is 0 Å². The third kappa shape index (κ3) is 4.02. The van der Waals surface area contributed by atoms with E-state index in [9.17, 15) is 0 Å². The molecule has 0 fully saturated rings. The highest BCUT2D eigenvalue weighted by molar-refractivity contribution is 5.39. The van der Waals surface area contributed by atoms with Gasteiger partial charge in [-0.3, -0.25) is 0 Å². The van der Waals surface area contributed by atoms with Gasteiger partial charge < -0.3 is 15.4 Å². The Kier molecular flexibility index (Phi) is 5.45. The van der Waals surface area contributed by atoms with Crippen molar-refractivity contribution in [1.29, 1.82) is 0 Å². The van der Waals surface area contributed by atoms with E-state index in [1.165, 1.54) is 11.1 Å². The van der Waals surface area contributed by atoms with E-state index < -0.39 is 0 Å². The minimum Gasteiger partial charge on any atom is -0.491 e. The monoisotopic (exact) mass is 236 g/mol. The zero-order valence-electron chi connectivity index (χ0n) is 11.4. The van der Waals surface area contributed by atoms with Crippen LogP contribution in [0.1, 0.15) is 17.5 Å². The van der Waals surface area contributed by atoms with Crippen LogP contribution in [0.25, 0.3) is 0 Å². The Hall–Kier alpha value is -1.06. The molecule has 96 valence electrons. The van der Waals surface area contributed by atoms with Crippen LogP contribution < -0.4 is 10.5 Å². The molecule has 0 saturated heterocycles. The Balaban J connectivity index is 2.65. The van der Waals surface area contributed by atoms with Crippen molar-refractivity contribution < 1.29 is 4.74 Å². The topological polar surface area (TPSA) is 38.5 Å². The van der Waals surface area contributed by atoms with E-state index in [1.807, 2.05) is 0 Å². The molecule has 3 heteroatoms. The lowest BCUT2D eigenvalue weighted by Gasteiger charge is -2.24. The molecular weight excluding hydrogens is 212 g/mol. The van der Waals surface area contributed by atoms with Crippen molar-refractivity contribution in [3.05, 3.63) is 29.3 Å². The highest BCUT2D eigenvalue weighted by Crippen LogP contribution is 2.22. The number of para-hydroxylation sites is 1. The molecule has 1 aromatic rings. The van der Waals surface area contributed by atoms with Crippen LogP contribution in [-0.2, 0) is 0 Å². The summed E-state index contributed by atoms with van der Waals surface area (Å²) in [5.74, 6) is 1.01. The molecule has 1 rings (SSSR count). The number of aryl methyl sites for hydroxylation is 2. The highest BCUT2D eigenvalue weighted by Gasteiger charge is 2.12. The predicted octanol–water partition coefficient (Wildman–Crippen LogP) is 1.96. The summed E-state index contributed by atoms with van der Waals surface area (Å²) < 4.78 is 5.95. The molecule has 0 amide bonds. The van der Waals surface area contributed by atoms with Crippen LogP contribution in [0.4, 0.5) is 0 Å². The summed E-state index contributed by atoms with van der Waals surface area (Å²) in [5.41, 5.74) is 7.99. The highest BCUT2D eigenvalue weighted by atomic mass is 16.5. The lowest BCUT2D eigenvalue weighted by molar-refractivity contribution is 0.177. The van der Waals surface area contributed by atoms with Crippen LogP contribution in [0.2, 0.25) is 0 Å². The zero-order chi connectivity index (χ0) is 12.8. The van der Waals surface area contributed by atoms with Crippen LogP contribution in [-0.4, -0.2) is 38.2 Å². The second kappa shape index (κ2) is 6.62. The fraction of sp³-hybridized carbons (Fsp3) is 0.571. The number of hydrogen-bond acceptors (Lipinski definition) is 3. The molecule has 0 heterocycles. The second-order valence-corrected chi connectivity index (χ2v) is 4.73. The summed E-state index contributed by atoms with van der Waals surface area (Å²) in [4.78, 5) is 2.17. The molecule has 2 N–H and O–H groups in total. The van der Waals surface area contributed by atoms with Gasteiger partial charge in [0.2, 0.25) is 0 Å². The molecule has 0 saturated carbocycles. The largest absolute Gasteiger partial charge is 0.491 e. The SMILES string of the molecule is Cc1cccc(C)c1OCC(CCN)N(C)C. The number of rotatable bonds is 6. The van der Waals surface area contributed by atoms with E-state index in [0.717, 1.165) is 12.2 Å². The van der Waals surface area contributed by atoms with Gasteiger partial charge in [0.05, 0.1) is 0 Å². The normalized spacial score (nSPS) is 12.8. The maximum absolute atomic E-state index is 5.95. The van der Waals surface area contributed by atoms with Gasteiger partial charge in [0.25, 0.3) is 0 Å². The van der Waals surface area contributed by atoms with Crippen molar-refractivity contribution >= 4 is 0 Å². The molecule has 0 aliphatic carbocycles. The molecule has 0 radical (unpaired) electrons. The van der Waals surface area contributed by atoms with Gasteiger partial charge >= 0.3 is 0 Å². The summed E-state index contributed by atoms with van der Waals surface area (Å²) in [6.07, 6.45) is 0.956. The summed E-state index contributed by atoms with van der Waals surface area (Å²) in [5, 5.41) is 0. The number of ether oxygens (including phenoxy) is 1. The van der Waals surface area contributed by atoms with Gasteiger partial charge in [-0.25, -0.2) is 0 Å². The van der Waals surface area contributed by atoms with Crippen molar-refractivity contribution in [2.45, 2.75) is 26.3 Å². The Bertz CT molecular complexity index is 330. The van der Waals surface area contributed by atoms with E-state index in [1.54, 1.807) is 0 Å². The average molecular weight is 236 g/mol. The van der Waals surface area contributed by atoms with E-state index in [0.29, 0.717) is 19.2 Å². The van der Waals surface area contributed by atoms with E-state index in [4.69, 9.17) is 10.5 Å². The molecule has 0 aliphatic rings.